The molecule has 1 atom stereocenters. The van der Waals surface area contributed by atoms with Crippen molar-refractivity contribution in [2.75, 3.05) is 47.6 Å². The van der Waals surface area contributed by atoms with Crippen molar-refractivity contribution in [1.29, 1.82) is 0 Å². The minimum absolute atomic E-state index is 0.139. The van der Waals surface area contributed by atoms with Gasteiger partial charge in [-0.25, -0.2) is 9.59 Å². The van der Waals surface area contributed by atoms with E-state index >= 15 is 0 Å². The topological polar surface area (TPSA) is 212 Å². The Morgan fingerprint density at radius 2 is 1.32 bits per heavy atom. The molecule has 13 heteroatoms. The van der Waals surface area contributed by atoms with Gasteiger partial charge in [0.25, 0.3) is 0 Å². The molecule has 0 saturated heterocycles. The van der Waals surface area contributed by atoms with Gasteiger partial charge in [-0.2, -0.15) is 0 Å². The predicted molar refractivity (Wildman–Crippen MR) is 229 cm³/mol. The average Bonchev–Trinajstić information content (AvgIpc) is 3.24. The molecular weight excluding hydrogens is 759 g/mol. The normalized spacial score (nSPS) is 14.1. The number of hydrogen-bond donors (Lipinski definition) is 7. The van der Waals surface area contributed by atoms with Crippen molar-refractivity contribution in [1.82, 2.24) is 5.32 Å². The van der Waals surface area contributed by atoms with Crippen LogP contribution >= 0.6 is 0 Å². The molecule has 0 aromatic heterocycles. The van der Waals surface area contributed by atoms with Gasteiger partial charge in [0.15, 0.2) is 5.78 Å². The summed E-state index contributed by atoms with van der Waals surface area (Å²) in [6.07, 6.45) is 12.5. The quantitative estimate of drug-likeness (QED) is 0.0297. The maximum Gasteiger partial charge on any atom is 0.331 e. The van der Waals surface area contributed by atoms with Crippen LogP contribution in [0.4, 0.5) is 0 Å². The van der Waals surface area contributed by atoms with Crippen LogP contribution in [0.15, 0.2) is 114 Å². The Balaban J connectivity index is 0.000000417. The first-order chi connectivity index (χ1) is 28.3. The number of rotatable bonds is 19. The molecule has 0 amide bonds. The molecule has 1 aliphatic carbocycles. The van der Waals surface area contributed by atoms with Crippen molar-refractivity contribution in [2.45, 2.75) is 58.2 Å². The minimum Gasteiger partial charge on any atom is -0.497 e. The molecule has 0 heterocycles. The molecule has 0 aliphatic heterocycles. The van der Waals surface area contributed by atoms with Gasteiger partial charge in [-0.15, -0.1) is 0 Å². The number of aliphatic hydroxyl groups is 4. The molecule has 0 saturated carbocycles. The Bertz CT molecular complexity index is 1780. The van der Waals surface area contributed by atoms with E-state index in [2.05, 4.69) is 12.2 Å². The third kappa shape index (κ3) is 20.1. The van der Waals surface area contributed by atoms with Gasteiger partial charge in [-0.1, -0.05) is 93.8 Å². The number of carbonyl (C=O) groups excluding carboxylic acids is 1. The van der Waals surface area contributed by atoms with Crippen molar-refractivity contribution in [3.8, 4) is 11.5 Å². The Kier molecular flexibility index (Phi) is 25.8. The van der Waals surface area contributed by atoms with Gasteiger partial charge >= 0.3 is 11.9 Å². The standard InChI is InChI=1S/C18H26O3.C14H14O4.C10H10O3.C4H11NO2/c1-4-6-7-8-9-17(18(19)20)16(5-2)14-10-12-15(21-3)13-11-14;1-18-11-7-8-12(14(16,17)9-11)13(15)10-5-3-2-4-6-10;1-13-9-5-2-8(3-6-9)4-7-10(11)12;6-3-1-5-2-4-7/h10-13H,4-9H2,1-3H3,(H,19,20);2-9,12,16-17H,1H3;2-7H,1H3,(H,11,12);5-7H,1-4H2. The van der Waals surface area contributed by atoms with Crippen molar-refractivity contribution in [3.63, 3.8) is 0 Å². The highest BCUT2D eigenvalue weighted by molar-refractivity contribution is 6.00. The van der Waals surface area contributed by atoms with Gasteiger partial charge in [-0.05, 0) is 72.4 Å². The molecule has 13 nitrogen and oxygen atoms in total. The first-order valence-corrected chi connectivity index (χ1v) is 19.4. The number of allylic oxidation sites excluding steroid dienone is 2. The van der Waals surface area contributed by atoms with E-state index in [-0.39, 0.29) is 19.0 Å². The molecule has 0 bridgehead atoms. The van der Waals surface area contributed by atoms with Crippen LogP contribution in [0, 0.1) is 5.92 Å². The van der Waals surface area contributed by atoms with Gasteiger partial charge in [-0.3, -0.25) is 4.79 Å². The number of unbranched alkanes of at least 4 members (excludes halogenated alkanes) is 3. The van der Waals surface area contributed by atoms with E-state index in [4.69, 9.17) is 29.5 Å². The van der Waals surface area contributed by atoms with Crippen LogP contribution in [-0.2, 0) is 14.3 Å². The maximum atomic E-state index is 12.2. The third-order valence-corrected chi connectivity index (χ3v) is 8.65. The number of methoxy groups -OCH3 is 3. The van der Waals surface area contributed by atoms with Crippen LogP contribution in [0.2, 0.25) is 0 Å². The first-order valence-electron chi connectivity index (χ1n) is 19.4. The summed E-state index contributed by atoms with van der Waals surface area (Å²) in [5.74, 6) is -3.48. The van der Waals surface area contributed by atoms with Gasteiger partial charge in [0, 0.05) is 36.4 Å². The van der Waals surface area contributed by atoms with Crippen LogP contribution < -0.4 is 14.8 Å². The molecule has 1 unspecified atom stereocenters. The smallest absolute Gasteiger partial charge is 0.331 e. The van der Waals surface area contributed by atoms with E-state index in [0.717, 1.165) is 72.5 Å². The van der Waals surface area contributed by atoms with Crippen molar-refractivity contribution in [2.24, 2.45) is 5.92 Å². The largest absolute Gasteiger partial charge is 0.497 e. The van der Waals surface area contributed by atoms with Gasteiger partial charge in [0.05, 0.1) is 40.5 Å². The summed E-state index contributed by atoms with van der Waals surface area (Å²) in [5, 5.41) is 56.7. The third-order valence-electron chi connectivity index (χ3n) is 8.65. The number of aliphatic carboxylic acids is 2. The summed E-state index contributed by atoms with van der Waals surface area (Å²) in [6, 6.07) is 23.3. The molecule has 7 N–H and O–H groups in total. The summed E-state index contributed by atoms with van der Waals surface area (Å²) in [7, 11) is 4.63. The zero-order valence-electron chi connectivity index (χ0n) is 34.7. The summed E-state index contributed by atoms with van der Waals surface area (Å²) in [4.78, 5) is 33.9. The Labute approximate surface area is 347 Å². The van der Waals surface area contributed by atoms with Gasteiger partial charge in [0.1, 0.15) is 17.3 Å². The van der Waals surface area contributed by atoms with Crippen LogP contribution in [0.5, 0.6) is 11.5 Å². The molecule has 3 aromatic carbocycles. The van der Waals surface area contributed by atoms with Crippen LogP contribution in [0.25, 0.3) is 11.6 Å². The minimum atomic E-state index is -2.23. The number of carboxylic acid groups (broad SMARTS) is 2. The molecule has 0 radical (unpaired) electrons. The highest BCUT2D eigenvalue weighted by Gasteiger charge is 2.39. The van der Waals surface area contributed by atoms with Gasteiger partial charge in [0.2, 0.25) is 5.79 Å². The lowest BCUT2D eigenvalue weighted by molar-refractivity contribution is -0.139. The molecule has 59 heavy (non-hydrogen) atoms. The molecule has 0 fully saturated rings. The van der Waals surface area contributed by atoms with Crippen molar-refractivity contribution >= 4 is 29.4 Å². The zero-order chi connectivity index (χ0) is 44.1. The predicted octanol–water partition coefficient (Wildman–Crippen LogP) is 6.53. The number of Topliss-reactive ketones (excluding diaryl/α,β-unsaturated/α-hetero) is 1. The summed E-state index contributed by atoms with van der Waals surface area (Å²) >= 11 is 0. The Morgan fingerprint density at radius 1 is 0.746 bits per heavy atom. The average molecular weight is 820 g/mol. The van der Waals surface area contributed by atoms with E-state index in [1.807, 2.05) is 31.2 Å². The molecule has 322 valence electrons. The number of ketones is 1. The second-order valence-corrected chi connectivity index (χ2v) is 12.9. The van der Waals surface area contributed by atoms with Crippen LogP contribution in [0.1, 0.15) is 73.9 Å². The molecule has 1 aliphatic rings. The van der Waals surface area contributed by atoms with Crippen LogP contribution in [-0.4, -0.2) is 102 Å². The lowest BCUT2D eigenvalue weighted by atomic mass is 9.86. The Hall–Kier alpha value is -5.57. The van der Waals surface area contributed by atoms with Crippen LogP contribution in [0.3, 0.4) is 0 Å². The fourth-order valence-electron chi connectivity index (χ4n) is 5.53. The van der Waals surface area contributed by atoms with E-state index in [0.29, 0.717) is 36.4 Å². The highest BCUT2D eigenvalue weighted by Crippen LogP contribution is 2.29. The number of nitrogens with one attached hydrogen (secondary N) is 1. The number of ether oxygens (including phenoxy) is 3. The lowest BCUT2D eigenvalue weighted by Crippen LogP contribution is -2.41. The molecule has 4 rings (SSSR count). The second kappa shape index (κ2) is 29.6. The van der Waals surface area contributed by atoms with Crippen molar-refractivity contribution in [3.05, 3.63) is 131 Å². The van der Waals surface area contributed by atoms with Gasteiger partial charge < -0.3 is 50.2 Å². The second-order valence-electron chi connectivity index (χ2n) is 12.9. The first kappa shape index (κ1) is 51.4. The SMILES string of the molecule is CCCCCCC(C(=O)O)=C(CC)c1ccc(OC)cc1.COC1=CC(O)(O)C(C(=O)c2ccccc2)C=C1.COc1ccc(C=CC(=O)O)cc1.OCCNCCO. The van der Waals surface area contributed by atoms with E-state index in [1.165, 1.54) is 19.3 Å². The Morgan fingerprint density at radius 3 is 1.78 bits per heavy atom. The van der Waals surface area contributed by atoms with E-state index < -0.39 is 23.6 Å². The monoisotopic (exact) mass is 819 g/mol. The highest BCUT2D eigenvalue weighted by atomic mass is 16.5. The molecular formula is C46H61NO12. The zero-order valence-corrected chi connectivity index (χ0v) is 34.7. The number of carboxylic acids is 2. The number of carbonyl (C=O) groups is 3. The number of hydrogen-bond acceptors (Lipinski definition) is 11. The summed E-state index contributed by atoms with van der Waals surface area (Å²) in [6.45, 7) is 5.58. The maximum absolute atomic E-state index is 12.2. The van der Waals surface area contributed by atoms with E-state index in [1.54, 1.807) is 74.9 Å². The van der Waals surface area contributed by atoms with Crippen molar-refractivity contribution < 1.29 is 59.2 Å². The number of benzene rings is 3. The van der Waals surface area contributed by atoms with E-state index in [9.17, 15) is 29.7 Å². The fraction of sp³-hybridized carbons (Fsp3) is 0.370. The lowest BCUT2D eigenvalue weighted by Gasteiger charge is -2.28. The molecule has 0 spiro atoms. The summed E-state index contributed by atoms with van der Waals surface area (Å²) in [5.41, 5.74) is 3.74. The summed E-state index contributed by atoms with van der Waals surface area (Å²) < 4.78 is 15.0. The fourth-order valence-corrected chi connectivity index (χ4v) is 5.53. The number of aliphatic hydroxyl groups excluding tert-OH is 2. The molecule has 3 aromatic rings.